The van der Waals surface area contributed by atoms with Gasteiger partial charge in [-0.25, -0.2) is 4.98 Å². The minimum atomic E-state index is -0.0752. The summed E-state index contributed by atoms with van der Waals surface area (Å²) in [6.45, 7) is 3.77. The molecule has 4 rings (SSSR count). The molecule has 1 aliphatic heterocycles. The van der Waals surface area contributed by atoms with E-state index in [2.05, 4.69) is 15.9 Å². The number of hydrogen-bond donors (Lipinski definition) is 0. The zero-order valence-corrected chi connectivity index (χ0v) is 18.0. The maximum atomic E-state index is 13.4. The first-order chi connectivity index (χ1) is 13.7. The molecule has 2 aromatic carbocycles. The van der Waals surface area contributed by atoms with Gasteiger partial charge in [-0.2, -0.15) is 0 Å². The van der Waals surface area contributed by atoms with Crippen LogP contribution in [0.3, 0.4) is 0 Å². The van der Waals surface area contributed by atoms with Crippen molar-refractivity contribution in [3.05, 3.63) is 52.5 Å². The maximum absolute atomic E-state index is 13.4. The summed E-state index contributed by atoms with van der Waals surface area (Å²) in [5, 5.41) is 0.669. The Balaban J connectivity index is 1.73. The van der Waals surface area contributed by atoms with Crippen LogP contribution in [0.1, 0.15) is 30.1 Å². The monoisotopic (exact) mass is 460 g/mol. The first-order valence-corrected chi connectivity index (χ1v) is 11.0. The van der Waals surface area contributed by atoms with E-state index >= 15 is 0 Å². The summed E-state index contributed by atoms with van der Waals surface area (Å²) >= 11 is 4.96. The highest BCUT2D eigenvalue weighted by atomic mass is 79.9. The average molecular weight is 461 g/mol. The third kappa shape index (κ3) is 4.06. The zero-order valence-electron chi connectivity index (χ0n) is 15.6. The van der Waals surface area contributed by atoms with E-state index in [1.54, 1.807) is 4.90 Å². The molecule has 0 aliphatic carbocycles. The summed E-state index contributed by atoms with van der Waals surface area (Å²) in [5.41, 5.74) is 1.42. The fourth-order valence-corrected chi connectivity index (χ4v) is 4.71. The lowest BCUT2D eigenvalue weighted by atomic mass is 10.2. The normalized spacial score (nSPS) is 16.4. The molecule has 1 aliphatic rings. The standard InChI is InChI=1S/C21H21BrN2O3S/c1-2-26-17-9-4-10-18-19(17)23-21(28-18)24(13-16-8-5-11-27-16)20(25)14-6-3-7-15(22)12-14/h3-4,6-7,9-10,12,16H,2,5,8,11,13H2,1H3. The molecule has 3 aromatic rings. The van der Waals surface area contributed by atoms with E-state index < -0.39 is 0 Å². The maximum Gasteiger partial charge on any atom is 0.260 e. The lowest BCUT2D eigenvalue weighted by Crippen LogP contribution is -2.37. The number of para-hydroxylation sites is 1. The summed E-state index contributed by atoms with van der Waals surface area (Å²) in [5.74, 6) is 0.670. The van der Waals surface area contributed by atoms with Gasteiger partial charge in [0.05, 0.1) is 24.0 Å². The summed E-state index contributed by atoms with van der Waals surface area (Å²) in [4.78, 5) is 19.9. The summed E-state index contributed by atoms with van der Waals surface area (Å²) < 4.78 is 13.4. The van der Waals surface area contributed by atoms with E-state index in [-0.39, 0.29) is 12.0 Å². The SMILES string of the molecule is CCOc1cccc2sc(N(CC3CCCO3)C(=O)c3cccc(Br)c3)nc12. The van der Waals surface area contributed by atoms with Crippen molar-refractivity contribution in [1.82, 2.24) is 4.98 Å². The van der Waals surface area contributed by atoms with Gasteiger partial charge < -0.3 is 9.47 Å². The van der Waals surface area contributed by atoms with Crippen molar-refractivity contribution in [2.45, 2.75) is 25.9 Å². The van der Waals surface area contributed by atoms with Gasteiger partial charge in [-0.15, -0.1) is 0 Å². The van der Waals surface area contributed by atoms with Gasteiger partial charge in [-0.3, -0.25) is 9.69 Å². The Labute approximate surface area is 176 Å². The average Bonchev–Trinajstić information content (AvgIpc) is 3.36. The largest absolute Gasteiger partial charge is 0.492 e. The van der Waals surface area contributed by atoms with E-state index in [0.29, 0.717) is 23.8 Å². The van der Waals surface area contributed by atoms with Crippen molar-refractivity contribution in [2.75, 3.05) is 24.7 Å². The van der Waals surface area contributed by atoms with Crippen LogP contribution in [0.25, 0.3) is 10.2 Å². The molecule has 1 fully saturated rings. The third-order valence-corrected chi connectivity index (χ3v) is 6.17. The van der Waals surface area contributed by atoms with Crippen molar-refractivity contribution in [3.8, 4) is 5.75 Å². The molecule has 1 saturated heterocycles. The van der Waals surface area contributed by atoms with Gasteiger partial charge in [0.1, 0.15) is 11.3 Å². The number of carbonyl (C=O) groups excluding carboxylic acids is 1. The molecule has 5 nitrogen and oxygen atoms in total. The highest BCUT2D eigenvalue weighted by molar-refractivity contribution is 9.10. The van der Waals surface area contributed by atoms with E-state index in [9.17, 15) is 4.79 Å². The van der Waals surface area contributed by atoms with E-state index in [4.69, 9.17) is 14.5 Å². The van der Waals surface area contributed by atoms with Crippen LogP contribution < -0.4 is 9.64 Å². The zero-order chi connectivity index (χ0) is 19.5. The number of rotatable bonds is 6. The van der Waals surface area contributed by atoms with Gasteiger partial charge in [0.2, 0.25) is 0 Å². The Hall–Kier alpha value is -1.96. The van der Waals surface area contributed by atoms with Crippen molar-refractivity contribution in [1.29, 1.82) is 0 Å². The molecular weight excluding hydrogens is 440 g/mol. The van der Waals surface area contributed by atoms with Crippen LogP contribution in [-0.2, 0) is 4.74 Å². The topological polar surface area (TPSA) is 51.7 Å². The van der Waals surface area contributed by atoms with Crippen LogP contribution in [0.15, 0.2) is 46.9 Å². The predicted octanol–water partition coefficient (Wildman–Crippen LogP) is 5.28. The number of aromatic nitrogens is 1. The minimum absolute atomic E-state index is 0.0366. The first kappa shape index (κ1) is 19.4. The smallest absolute Gasteiger partial charge is 0.260 e. The van der Waals surface area contributed by atoms with E-state index in [0.717, 1.165) is 39.9 Å². The number of halogens is 1. The van der Waals surface area contributed by atoms with Crippen LogP contribution in [0.5, 0.6) is 5.75 Å². The van der Waals surface area contributed by atoms with Crippen molar-refractivity contribution < 1.29 is 14.3 Å². The van der Waals surface area contributed by atoms with Crippen LogP contribution in [0.4, 0.5) is 5.13 Å². The summed E-state index contributed by atoms with van der Waals surface area (Å²) in [6, 6.07) is 13.3. The lowest BCUT2D eigenvalue weighted by molar-refractivity contribution is 0.0917. The number of hydrogen-bond acceptors (Lipinski definition) is 5. The molecule has 0 N–H and O–H groups in total. The Morgan fingerprint density at radius 3 is 2.96 bits per heavy atom. The number of amides is 1. The second-order valence-corrected chi connectivity index (χ2v) is 8.52. The molecule has 1 amide bonds. The van der Waals surface area contributed by atoms with Crippen LogP contribution in [-0.4, -0.2) is 36.8 Å². The number of benzene rings is 2. The van der Waals surface area contributed by atoms with Gasteiger partial charge in [0.25, 0.3) is 5.91 Å². The Morgan fingerprint density at radius 1 is 1.36 bits per heavy atom. The fourth-order valence-electron chi connectivity index (χ4n) is 3.32. The van der Waals surface area contributed by atoms with Crippen molar-refractivity contribution in [3.63, 3.8) is 0 Å². The number of ether oxygens (including phenoxy) is 2. The summed E-state index contributed by atoms with van der Waals surface area (Å²) in [6.07, 6.45) is 2.02. The number of anilines is 1. The first-order valence-electron chi connectivity index (χ1n) is 9.37. The quantitative estimate of drug-likeness (QED) is 0.501. The summed E-state index contributed by atoms with van der Waals surface area (Å²) in [7, 11) is 0. The lowest BCUT2D eigenvalue weighted by Gasteiger charge is -2.23. The number of thiazole rings is 1. The molecule has 28 heavy (non-hydrogen) atoms. The highest BCUT2D eigenvalue weighted by Gasteiger charge is 2.27. The van der Waals surface area contributed by atoms with E-state index in [1.165, 1.54) is 11.3 Å². The van der Waals surface area contributed by atoms with Gasteiger partial charge in [0.15, 0.2) is 5.13 Å². The van der Waals surface area contributed by atoms with Crippen LogP contribution >= 0.6 is 27.3 Å². The number of fused-ring (bicyclic) bond motifs is 1. The number of nitrogens with zero attached hydrogens (tertiary/aromatic N) is 2. The molecule has 1 aromatic heterocycles. The predicted molar refractivity (Wildman–Crippen MR) is 116 cm³/mol. The molecule has 0 saturated carbocycles. The second kappa shape index (κ2) is 8.59. The van der Waals surface area contributed by atoms with Gasteiger partial charge >= 0.3 is 0 Å². The Kier molecular flexibility index (Phi) is 5.94. The van der Waals surface area contributed by atoms with Crippen molar-refractivity contribution in [2.24, 2.45) is 0 Å². The fraction of sp³-hybridized carbons (Fsp3) is 0.333. The van der Waals surface area contributed by atoms with Crippen LogP contribution in [0, 0.1) is 0 Å². The van der Waals surface area contributed by atoms with Crippen molar-refractivity contribution >= 4 is 48.5 Å². The van der Waals surface area contributed by atoms with Gasteiger partial charge in [0, 0.05) is 16.6 Å². The Bertz CT molecular complexity index is 985. The molecule has 1 unspecified atom stereocenters. The molecule has 0 bridgehead atoms. The highest BCUT2D eigenvalue weighted by Crippen LogP contribution is 2.35. The molecule has 7 heteroatoms. The minimum Gasteiger partial charge on any atom is -0.492 e. The Morgan fingerprint density at radius 2 is 2.21 bits per heavy atom. The van der Waals surface area contributed by atoms with Gasteiger partial charge in [-0.05, 0) is 50.1 Å². The molecular formula is C21H21BrN2O3S. The van der Waals surface area contributed by atoms with Crippen LogP contribution in [0.2, 0.25) is 0 Å². The van der Waals surface area contributed by atoms with E-state index in [1.807, 2.05) is 49.4 Å². The molecule has 0 spiro atoms. The second-order valence-electron chi connectivity index (χ2n) is 6.59. The molecule has 1 atom stereocenters. The molecule has 2 heterocycles. The number of carbonyl (C=O) groups is 1. The molecule has 146 valence electrons. The third-order valence-electron chi connectivity index (χ3n) is 4.63. The van der Waals surface area contributed by atoms with Gasteiger partial charge in [-0.1, -0.05) is 39.4 Å². The molecule has 0 radical (unpaired) electrons.